The molecule has 1 aromatic carbocycles. The van der Waals surface area contributed by atoms with Gasteiger partial charge in [-0.3, -0.25) is 14.1 Å². The Hall–Kier alpha value is -1.90. The maximum Gasteiger partial charge on any atom is 0.316 e. The van der Waals surface area contributed by atoms with Crippen LogP contribution in [0.1, 0.15) is 51.2 Å². The second-order valence-electron chi connectivity index (χ2n) is 9.93. The number of nitrogens with zero attached hydrogens (tertiary/aromatic N) is 2. The van der Waals surface area contributed by atoms with Gasteiger partial charge in [-0.1, -0.05) is 15.9 Å². The molecule has 1 fully saturated rings. The number of esters is 1. The van der Waals surface area contributed by atoms with E-state index >= 15 is 0 Å². The van der Waals surface area contributed by atoms with Gasteiger partial charge >= 0.3 is 5.97 Å². The van der Waals surface area contributed by atoms with Crippen LogP contribution in [0.3, 0.4) is 0 Å². The van der Waals surface area contributed by atoms with E-state index in [1.807, 2.05) is 57.3 Å². The van der Waals surface area contributed by atoms with Gasteiger partial charge in [0.2, 0.25) is 5.88 Å². The fourth-order valence-corrected chi connectivity index (χ4v) is 6.09. The second-order valence-corrected chi connectivity index (χ2v) is 12.0. The first-order valence-corrected chi connectivity index (χ1v) is 13.8. The van der Waals surface area contributed by atoms with Gasteiger partial charge in [-0.05, 0) is 69.9 Å². The molecule has 0 spiro atoms. The van der Waals surface area contributed by atoms with Crippen LogP contribution in [-0.4, -0.2) is 54.0 Å². The Balaban J connectivity index is 1.50. The topological polar surface area (TPSA) is 51.7 Å². The number of hydrogen-bond donors (Lipinski definition) is 0. The summed E-state index contributed by atoms with van der Waals surface area (Å²) in [5, 5.41) is 0. The summed E-state index contributed by atoms with van der Waals surface area (Å²) < 4.78 is 25.3. The summed E-state index contributed by atoms with van der Waals surface area (Å²) >= 11 is 5.56. The number of pyridine rings is 1. The van der Waals surface area contributed by atoms with Gasteiger partial charge in [-0.25, -0.2) is 4.98 Å². The van der Waals surface area contributed by atoms with Crippen LogP contribution >= 0.6 is 27.7 Å². The van der Waals surface area contributed by atoms with Gasteiger partial charge in [0.25, 0.3) is 0 Å². The van der Waals surface area contributed by atoms with E-state index in [-0.39, 0.29) is 18.7 Å². The third kappa shape index (κ3) is 6.66. The minimum atomic E-state index is -0.561. The molecule has 0 radical (unpaired) electrons. The van der Waals surface area contributed by atoms with Gasteiger partial charge < -0.3 is 9.47 Å². The summed E-state index contributed by atoms with van der Waals surface area (Å²) in [5.74, 6) is 1.84. The third-order valence-electron chi connectivity index (χ3n) is 6.05. The van der Waals surface area contributed by atoms with Gasteiger partial charge in [-0.15, -0.1) is 11.8 Å². The van der Waals surface area contributed by atoms with E-state index in [1.165, 1.54) is 0 Å². The lowest BCUT2D eigenvalue weighted by Crippen LogP contribution is -2.26. The molecule has 5 nitrogen and oxygen atoms in total. The average molecular weight is 564 g/mol. The summed E-state index contributed by atoms with van der Waals surface area (Å²) in [5.41, 5.74) is 2.62. The van der Waals surface area contributed by atoms with Crippen molar-refractivity contribution in [3.05, 3.63) is 52.1 Å². The van der Waals surface area contributed by atoms with Crippen molar-refractivity contribution in [2.24, 2.45) is 5.41 Å². The number of aromatic nitrogens is 1. The predicted octanol–water partition coefficient (Wildman–Crippen LogP) is 6.50. The van der Waals surface area contributed by atoms with E-state index < -0.39 is 5.41 Å². The molecule has 2 aromatic rings. The zero-order valence-electron chi connectivity index (χ0n) is 20.5. The Bertz CT molecular complexity index is 1080. The van der Waals surface area contributed by atoms with Crippen molar-refractivity contribution >= 4 is 39.2 Å². The first kappa shape index (κ1) is 26.2. The number of likely N-dealkylation sites (tertiary alicyclic amines) is 1. The number of ether oxygens (including phenoxy) is 2. The quantitative estimate of drug-likeness (QED) is 0.283. The highest BCUT2D eigenvalue weighted by Gasteiger charge is 2.26. The minimum Gasteiger partial charge on any atom is -0.473 e. The summed E-state index contributed by atoms with van der Waals surface area (Å²) in [6, 6.07) is 9.79. The van der Waals surface area contributed by atoms with Crippen LogP contribution in [0, 0.1) is 5.41 Å². The van der Waals surface area contributed by atoms with Crippen molar-refractivity contribution in [3.63, 3.8) is 0 Å². The van der Waals surface area contributed by atoms with Crippen molar-refractivity contribution in [1.29, 1.82) is 0 Å². The summed E-state index contributed by atoms with van der Waals surface area (Å²) in [7, 11) is 0. The Morgan fingerprint density at radius 1 is 1.29 bits per heavy atom. The van der Waals surface area contributed by atoms with Crippen molar-refractivity contribution in [2.75, 3.05) is 32.1 Å². The smallest absolute Gasteiger partial charge is 0.316 e. The Morgan fingerprint density at radius 3 is 2.83 bits per heavy atom. The lowest BCUT2D eigenvalue weighted by molar-refractivity contribution is -0.143. The number of carbonyl (C=O) groups is 1. The lowest BCUT2D eigenvalue weighted by atomic mass is 9.97. The monoisotopic (exact) mass is 562 g/mol. The molecule has 0 amide bonds. The fraction of sp³-hybridized carbons (Fsp3) is 0.481. The number of rotatable bonds is 7. The van der Waals surface area contributed by atoms with Crippen LogP contribution in [0.2, 0.25) is 0 Å². The van der Waals surface area contributed by atoms with Crippen molar-refractivity contribution in [2.45, 2.75) is 51.0 Å². The first-order chi connectivity index (χ1) is 16.7. The molecule has 4 rings (SSSR count). The number of hydrogen-bond acceptors (Lipinski definition) is 6. The normalized spacial score (nSPS) is 18.8. The molecule has 2 aliphatic rings. The zero-order chi connectivity index (χ0) is 25.0. The Kier molecular flexibility index (Phi) is 8.55. The van der Waals surface area contributed by atoms with Gasteiger partial charge in [0.15, 0.2) is 0 Å². The highest BCUT2D eigenvalue weighted by molar-refractivity contribution is 9.11. The number of alkyl halides is 1. The first-order valence-electron chi connectivity index (χ1n) is 12.0. The van der Waals surface area contributed by atoms with Gasteiger partial charge in [0.05, 0.1) is 12.1 Å². The molecule has 0 unspecified atom stereocenters. The van der Waals surface area contributed by atoms with Crippen LogP contribution in [0.25, 0.3) is 5.57 Å². The van der Waals surface area contributed by atoms with Gasteiger partial charge in [-0.2, -0.15) is 0 Å². The molecule has 3 heterocycles. The van der Waals surface area contributed by atoms with E-state index in [2.05, 4.69) is 25.8 Å². The van der Waals surface area contributed by atoms with Crippen LogP contribution in [-0.2, 0) is 4.79 Å². The largest absolute Gasteiger partial charge is 0.473 e. The van der Waals surface area contributed by atoms with E-state index in [0.29, 0.717) is 18.1 Å². The number of carbonyl (C=O) groups excluding carboxylic acids is 1. The van der Waals surface area contributed by atoms with E-state index in [1.54, 1.807) is 11.8 Å². The standard InChI is InChI=1S/C27H32BrFN2O3S/c1-27(2,3)26(32)34-19-6-7-21-23(15-19)35-14-10-22(28)25(21)18-5-8-24(30-16-18)33-20-9-13-31(17-20)12-4-11-29/h5-8,15-16,20H,4,9-14,17H2,1-3H3/t20-/m0/s1. The molecule has 1 aromatic heterocycles. The van der Waals surface area contributed by atoms with Crippen molar-refractivity contribution in [3.8, 4) is 11.6 Å². The van der Waals surface area contributed by atoms with E-state index in [4.69, 9.17) is 9.47 Å². The summed E-state index contributed by atoms with van der Waals surface area (Å²) in [6.45, 7) is 7.79. The maximum atomic E-state index is 12.4. The molecule has 0 saturated carbocycles. The number of allylic oxidation sites excluding steroid dienone is 1. The molecule has 0 bridgehead atoms. The minimum absolute atomic E-state index is 0.0862. The fourth-order valence-electron chi connectivity index (χ4n) is 4.13. The van der Waals surface area contributed by atoms with E-state index in [9.17, 15) is 9.18 Å². The van der Waals surface area contributed by atoms with Crippen LogP contribution in [0.4, 0.5) is 4.39 Å². The van der Waals surface area contributed by atoms with Crippen LogP contribution in [0.15, 0.2) is 45.9 Å². The maximum absolute atomic E-state index is 12.4. The number of halogens is 2. The highest BCUT2D eigenvalue weighted by atomic mass is 79.9. The molecule has 0 N–H and O–H groups in total. The molecular weight excluding hydrogens is 531 g/mol. The lowest BCUT2D eigenvalue weighted by Gasteiger charge is -2.18. The van der Waals surface area contributed by atoms with Gasteiger partial charge in [0, 0.05) is 58.2 Å². The average Bonchev–Trinajstić information content (AvgIpc) is 3.19. The highest BCUT2D eigenvalue weighted by Crippen LogP contribution is 2.42. The zero-order valence-corrected chi connectivity index (χ0v) is 22.9. The summed E-state index contributed by atoms with van der Waals surface area (Å²) in [6.07, 6.45) is 4.34. The Morgan fingerprint density at radius 2 is 2.11 bits per heavy atom. The van der Waals surface area contributed by atoms with Crippen molar-refractivity contribution < 1.29 is 18.7 Å². The molecule has 35 heavy (non-hydrogen) atoms. The molecule has 2 aliphatic heterocycles. The van der Waals surface area contributed by atoms with Crippen molar-refractivity contribution in [1.82, 2.24) is 9.88 Å². The number of fused-ring (bicyclic) bond motifs is 1. The molecule has 8 heteroatoms. The predicted molar refractivity (Wildman–Crippen MR) is 142 cm³/mol. The molecular formula is C27H32BrFN2O3S. The van der Waals surface area contributed by atoms with E-state index in [0.717, 1.165) is 64.3 Å². The van der Waals surface area contributed by atoms with Crippen LogP contribution < -0.4 is 9.47 Å². The van der Waals surface area contributed by atoms with Gasteiger partial charge in [0.1, 0.15) is 11.9 Å². The molecule has 0 aliphatic carbocycles. The number of thioether (sulfide) groups is 1. The SMILES string of the molecule is CC(C)(C)C(=O)Oc1ccc2c(c1)SCCC(Br)=C2c1ccc(O[C@H]2CCN(CCCF)C2)nc1. The summed E-state index contributed by atoms with van der Waals surface area (Å²) in [4.78, 5) is 20.3. The second kappa shape index (κ2) is 11.4. The molecule has 188 valence electrons. The molecule has 1 saturated heterocycles. The molecule has 1 atom stereocenters. The Labute approximate surface area is 219 Å². The number of benzene rings is 1. The third-order valence-corrected chi connectivity index (χ3v) is 7.90. The van der Waals surface area contributed by atoms with Crippen LogP contribution in [0.5, 0.6) is 11.6 Å².